The first kappa shape index (κ1) is 20.2. The molecule has 0 bridgehead atoms. The van der Waals surface area contributed by atoms with E-state index in [-0.39, 0.29) is 11.9 Å². The van der Waals surface area contributed by atoms with Crippen molar-refractivity contribution in [1.29, 1.82) is 0 Å². The lowest BCUT2D eigenvalue weighted by atomic mass is 10.2. The van der Waals surface area contributed by atoms with Crippen molar-refractivity contribution in [3.8, 4) is 0 Å². The first-order valence-corrected chi connectivity index (χ1v) is 6.80. The molecule has 0 saturated heterocycles. The molecule has 0 aromatic carbocycles. The molecule has 5 heteroatoms. The molecular weight excluding hydrogens is 248 g/mol. The maximum absolute atomic E-state index is 10.3. The zero-order valence-electron chi connectivity index (χ0n) is 12.7. The van der Waals surface area contributed by atoms with E-state index in [1.54, 1.807) is 7.11 Å². The predicted octanol–water partition coefficient (Wildman–Crippen LogP) is 2.72. The van der Waals surface area contributed by atoms with Gasteiger partial charge in [-0.2, -0.15) is 0 Å². The van der Waals surface area contributed by atoms with E-state index in [0.29, 0.717) is 19.8 Å². The van der Waals surface area contributed by atoms with Crippen LogP contribution in [0.15, 0.2) is 0 Å². The van der Waals surface area contributed by atoms with Crippen LogP contribution in [0.25, 0.3) is 0 Å². The number of carbonyl (C=O) groups is 2. The van der Waals surface area contributed by atoms with E-state index < -0.39 is 0 Å². The van der Waals surface area contributed by atoms with Crippen molar-refractivity contribution in [2.75, 3.05) is 26.9 Å². The van der Waals surface area contributed by atoms with Gasteiger partial charge in [0.15, 0.2) is 0 Å². The minimum absolute atomic E-state index is 0.170. The zero-order valence-corrected chi connectivity index (χ0v) is 12.7. The Balaban J connectivity index is 0. The van der Waals surface area contributed by atoms with Gasteiger partial charge in [0.1, 0.15) is 0 Å². The Morgan fingerprint density at radius 3 is 1.74 bits per heavy atom. The number of methoxy groups -OCH3 is 1. The normalized spacial score (nSPS) is 9.26. The van der Waals surface area contributed by atoms with Crippen molar-refractivity contribution in [2.24, 2.45) is 0 Å². The molecule has 0 saturated carbocycles. The summed E-state index contributed by atoms with van der Waals surface area (Å²) in [6.45, 7) is 6.70. The zero-order chi connectivity index (χ0) is 14.9. The van der Waals surface area contributed by atoms with Crippen molar-refractivity contribution in [3.05, 3.63) is 0 Å². The maximum atomic E-state index is 10.3. The van der Waals surface area contributed by atoms with Crippen molar-refractivity contribution < 1.29 is 23.8 Å². The first-order chi connectivity index (χ1) is 9.04. The molecule has 0 aliphatic carbocycles. The molecule has 0 N–H and O–H groups in total. The van der Waals surface area contributed by atoms with Crippen LogP contribution >= 0.6 is 0 Å². The van der Waals surface area contributed by atoms with Crippen LogP contribution in [-0.4, -0.2) is 38.9 Å². The summed E-state index contributed by atoms with van der Waals surface area (Å²) in [4.78, 5) is 20.4. The average Bonchev–Trinajstić information content (AvgIpc) is 2.35. The second kappa shape index (κ2) is 16.9. The number of hydrogen-bond acceptors (Lipinski definition) is 5. The monoisotopic (exact) mass is 276 g/mol. The molecule has 0 heterocycles. The summed E-state index contributed by atoms with van der Waals surface area (Å²) >= 11 is 0. The van der Waals surface area contributed by atoms with Gasteiger partial charge in [0, 0.05) is 34.0 Å². The van der Waals surface area contributed by atoms with E-state index in [9.17, 15) is 9.59 Å². The quantitative estimate of drug-likeness (QED) is 0.478. The third-order valence-corrected chi connectivity index (χ3v) is 2.10. The van der Waals surface area contributed by atoms with E-state index in [1.807, 2.05) is 0 Å². The standard InChI is InChI=1S/C8H16O2.C6H12O3/c1-3-4-5-6-7-10-8(2)9;1-6(7)9-5-3-4-8-2/h3-7H2,1-2H3;3-5H2,1-2H3. The van der Waals surface area contributed by atoms with Crippen LogP contribution in [0.5, 0.6) is 0 Å². The van der Waals surface area contributed by atoms with Crippen LogP contribution < -0.4 is 0 Å². The first-order valence-electron chi connectivity index (χ1n) is 6.80. The molecule has 0 amide bonds. The van der Waals surface area contributed by atoms with Crippen molar-refractivity contribution in [2.45, 2.75) is 52.9 Å². The Morgan fingerprint density at radius 2 is 1.32 bits per heavy atom. The van der Waals surface area contributed by atoms with Gasteiger partial charge in [-0.05, 0) is 6.42 Å². The third-order valence-electron chi connectivity index (χ3n) is 2.10. The molecule has 0 aromatic heterocycles. The molecule has 5 nitrogen and oxygen atoms in total. The summed E-state index contributed by atoms with van der Waals surface area (Å²) in [5.74, 6) is -0.400. The number of hydrogen-bond donors (Lipinski definition) is 0. The van der Waals surface area contributed by atoms with Crippen LogP contribution in [-0.2, 0) is 23.8 Å². The molecular formula is C14H28O5. The number of unbranched alkanes of at least 4 members (excludes halogenated alkanes) is 3. The van der Waals surface area contributed by atoms with Gasteiger partial charge in [-0.3, -0.25) is 9.59 Å². The highest BCUT2D eigenvalue weighted by Gasteiger charge is 1.91. The van der Waals surface area contributed by atoms with Crippen molar-refractivity contribution in [3.63, 3.8) is 0 Å². The lowest BCUT2D eigenvalue weighted by molar-refractivity contribution is -0.142. The number of rotatable bonds is 9. The topological polar surface area (TPSA) is 61.8 Å². The fourth-order valence-electron chi connectivity index (χ4n) is 1.16. The third kappa shape index (κ3) is 26.5. The van der Waals surface area contributed by atoms with Gasteiger partial charge in [0.2, 0.25) is 0 Å². The minimum Gasteiger partial charge on any atom is -0.466 e. The van der Waals surface area contributed by atoms with E-state index in [2.05, 4.69) is 11.7 Å². The highest BCUT2D eigenvalue weighted by molar-refractivity contribution is 5.66. The number of ether oxygens (including phenoxy) is 3. The van der Waals surface area contributed by atoms with E-state index >= 15 is 0 Å². The van der Waals surface area contributed by atoms with Crippen LogP contribution in [0.4, 0.5) is 0 Å². The van der Waals surface area contributed by atoms with Crippen LogP contribution in [0.1, 0.15) is 52.9 Å². The van der Waals surface area contributed by atoms with Gasteiger partial charge in [-0.25, -0.2) is 0 Å². The molecule has 0 aliphatic heterocycles. The SMILES string of the molecule is CCCCCCOC(C)=O.COCCCOC(C)=O. The highest BCUT2D eigenvalue weighted by atomic mass is 16.5. The molecule has 0 atom stereocenters. The predicted molar refractivity (Wildman–Crippen MR) is 73.9 cm³/mol. The fourth-order valence-corrected chi connectivity index (χ4v) is 1.16. The lowest BCUT2D eigenvalue weighted by Gasteiger charge is -1.99. The molecule has 0 aromatic rings. The molecule has 0 unspecified atom stereocenters. The molecule has 0 spiro atoms. The van der Waals surface area contributed by atoms with Crippen LogP contribution in [0, 0.1) is 0 Å². The minimum atomic E-state index is -0.230. The average molecular weight is 276 g/mol. The van der Waals surface area contributed by atoms with Crippen LogP contribution in [0.3, 0.4) is 0 Å². The Kier molecular flexibility index (Phi) is 18.0. The maximum Gasteiger partial charge on any atom is 0.302 e. The van der Waals surface area contributed by atoms with Gasteiger partial charge >= 0.3 is 11.9 Å². The van der Waals surface area contributed by atoms with Gasteiger partial charge in [0.05, 0.1) is 13.2 Å². The smallest absolute Gasteiger partial charge is 0.302 e. The lowest BCUT2D eigenvalue weighted by Crippen LogP contribution is -2.02. The van der Waals surface area contributed by atoms with E-state index in [0.717, 1.165) is 12.8 Å². The largest absolute Gasteiger partial charge is 0.466 e. The Bertz CT molecular complexity index is 216. The highest BCUT2D eigenvalue weighted by Crippen LogP contribution is 1.98. The van der Waals surface area contributed by atoms with Crippen molar-refractivity contribution >= 4 is 11.9 Å². The van der Waals surface area contributed by atoms with Crippen LogP contribution in [0.2, 0.25) is 0 Å². The fraction of sp³-hybridized carbons (Fsp3) is 0.857. The second-order valence-electron chi connectivity index (χ2n) is 4.09. The molecule has 0 radical (unpaired) electrons. The van der Waals surface area contributed by atoms with E-state index in [1.165, 1.54) is 33.1 Å². The number of carbonyl (C=O) groups excluding carboxylic acids is 2. The summed E-state index contributed by atoms with van der Waals surface area (Å²) in [6, 6.07) is 0. The summed E-state index contributed by atoms with van der Waals surface area (Å²) < 4.78 is 14.1. The van der Waals surface area contributed by atoms with Gasteiger partial charge < -0.3 is 14.2 Å². The molecule has 0 aliphatic rings. The second-order valence-corrected chi connectivity index (χ2v) is 4.09. The summed E-state index contributed by atoms with van der Waals surface area (Å²) in [5.41, 5.74) is 0. The summed E-state index contributed by atoms with van der Waals surface area (Å²) in [6.07, 6.45) is 5.41. The van der Waals surface area contributed by atoms with E-state index in [4.69, 9.17) is 9.47 Å². The summed E-state index contributed by atoms with van der Waals surface area (Å²) in [7, 11) is 1.62. The van der Waals surface area contributed by atoms with Gasteiger partial charge in [0.25, 0.3) is 0 Å². The number of esters is 2. The molecule has 0 fully saturated rings. The van der Waals surface area contributed by atoms with Gasteiger partial charge in [-0.1, -0.05) is 26.2 Å². The molecule has 19 heavy (non-hydrogen) atoms. The Labute approximate surface area is 116 Å². The summed E-state index contributed by atoms with van der Waals surface area (Å²) in [5, 5.41) is 0. The Morgan fingerprint density at radius 1 is 0.789 bits per heavy atom. The molecule has 114 valence electrons. The Hall–Kier alpha value is -1.10. The van der Waals surface area contributed by atoms with Crippen molar-refractivity contribution in [1.82, 2.24) is 0 Å². The van der Waals surface area contributed by atoms with Gasteiger partial charge in [-0.15, -0.1) is 0 Å². The molecule has 0 rings (SSSR count).